The molecule has 0 aliphatic heterocycles. The third-order valence-electron chi connectivity index (χ3n) is 4.46. The first kappa shape index (κ1) is 23.7. The molecule has 0 fully saturated rings. The van der Waals surface area contributed by atoms with E-state index in [0.29, 0.717) is 16.0 Å². The lowest BCUT2D eigenvalue weighted by Crippen LogP contribution is -2.18. The number of ether oxygens (including phenoxy) is 1. The number of thiazole rings is 1. The average Bonchev–Trinajstić information content (AvgIpc) is 3.08. The first-order chi connectivity index (χ1) is 15.0. The minimum absolute atomic E-state index is 0.0749. The third kappa shape index (κ3) is 5.25. The van der Waals surface area contributed by atoms with Crippen molar-refractivity contribution in [3.63, 3.8) is 0 Å². The molecule has 0 saturated heterocycles. The van der Waals surface area contributed by atoms with E-state index in [0.717, 1.165) is 11.3 Å². The van der Waals surface area contributed by atoms with E-state index in [1.807, 2.05) is 0 Å². The van der Waals surface area contributed by atoms with Crippen molar-refractivity contribution in [2.24, 2.45) is 10.1 Å². The zero-order valence-corrected chi connectivity index (χ0v) is 19.3. The molecule has 2 N–H and O–H groups in total. The van der Waals surface area contributed by atoms with Crippen LogP contribution >= 0.6 is 11.3 Å². The van der Waals surface area contributed by atoms with Crippen molar-refractivity contribution in [2.45, 2.75) is 22.8 Å². The number of sulfonamides is 1. The van der Waals surface area contributed by atoms with Gasteiger partial charge in [-0.15, -0.1) is 6.42 Å². The summed E-state index contributed by atoms with van der Waals surface area (Å²) in [6.45, 7) is 0.0883. The Bertz CT molecular complexity index is 1490. The van der Waals surface area contributed by atoms with Gasteiger partial charge < -0.3 is 9.30 Å². The second kappa shape index (κ2) is 9.25. The number of fused-ring (bicyclic) bond motifs is 1. The number of hydrogen-bond donors (Lipinski definition) is 1. The highest BCUT2D eigenvalue weighted by Crippen LogP contribution is 2.21. The summed E-state index contributed by atoms with van der Waals surface area (Å²) in [5.41, 5.74) is 0.581. The summed E-state index contributed by atoms with van der Waals surface area (Å²) in [6.07, 6.45) is 5.08. The predicted octanol–water partition coefficient (Wildman–Crippen LogP) is 1.28. The van der Waals surface area contributed by atoms with E-state index in [9.17, 15) is 21.6 Å². The minimum Gasteiger partial charge on any atom is -0.497 e. The van der Waals surface area contributed by atoms with Crippen LogP contribution < -0.4 is 14.7 Å². The van der Waals surface area contributed by atoms with Gasteiger partial charge in [-0.2, -0.15) is 4.99 Å². The lowest BCUT2D eigenvalue weighted by molar-refractivity contribution is -0.117. The molecule has 12 heteroatoms. The van der Waals surface area contributed by atoms with E-state index in [2.05, 4.69) is 10.9 Å². The van der Waals surface area contributed by atoms with Crippen molar-refractivity contribution < 1.29 is 26.4 Å². The second-order valence-corrected chi connectivity index (χ2v) is 11.3. The van der Waals surface area contributed by atoms with E-state index in [1.165, 1.54) is 49.6 Å². The smallest absolute Gasteiger partial charge is 0.249 e. The van der Waals surface area contributed by atoms with Crippen molar-refractivity contribution in [1.29, 1.82) is 0 Å². The average molecular weight is 494 g/mol. The number of primary sulfonamides is 1. The zero-order chi connectivity index (χ0) is 23.5. The van der Waals surface area contributed by atoms with Crippen LogP contribution in [-0.4, -0.2) is 40.2 Å². The second-order valence-electron chi connectivity index (χ2n) is 6.60. The van der Waals surface area contributed by atoms with Crippen LogP contribution in [0, 0.1) is 12.3 Å². The fourth-order valence-corrected chi connectivity index (χ4v) is 5.78. The molecule has 0 aliphatic carbocycles. The molecule has 9 nitrogen and oxygen atoms in total. The summed E-state index contributed by atoms with van der Waals surface area (Å²) in [5.74, 6) is 1.91. The van der Waals surface area contributed by atoms with E-state index < -0.39 is 31.5 Å². The van der Waals surface area contributed by atoms with Crippen LogP contribution in [0.3, 0.4) is 0 Å². The molecule has 0 radical (unpaired) electrons. The first-order valence-electron chi connectivity index (χ1n) is 9.09. The Morgan fingerprint density at radius 3 is 2.41 bits per heavy atom. The molecule has 1 amide bonds. The summed E-state index contributed by atoms with van der Waals surface area (Å²) < 4.78 is 55.3. The standard InChI is InChI=1S/C20H19N3O6S3/c1-3-11-23-17-9-8-16(32(21,27)28)13-18(17)30-20(23)22-19(24)10-12-31(25,26)15-6-4-14(29-2)5-7-15/h1,4-9,13H,10-12H2,2H3,(H2,21,27,28). The third-order valence-corrected chi connectivity index (χ3v) is 8.14. The van der Waals surface area contributed by atoms with Gasteiger partial charge in [0.25, 0.3) is 0 Å². The summed E-state index contributed by atoms with van der Waals surface area (Å²) in [4.78, 5) is 16.7. The van der Waals surface area contributed by atoms with Crippen LogP contribution in [0.5, 0.6) is 5.75 Å². The molecule has 3 aromatic rings. The Hall–Kier alpha value is -2.98. The topological polar surface area (TPSA) is 138 Å². The summed E-state index contributed by atoms with van der Waals surface area (Å²) in [6, 6.07) is 10.1. The maximum atomic E-state index is 12.5. The highest BCUT2D eigenvalue weighted by molar-refractivity contribution is 7.91. The molecule has 1 aromatic heterocycles. The first-order valence-corrected chi connectivity index (χ1v) is 13.1. The molecular formula is C20H19N3O6S3. The Kier molecular flexibility index (Phi) is 6.85. The predicted molar refractivity (Wildman–Crippen MR) is 120 cm³/mol. The van der Waals surface area contributed by atoms with Crippen molar-refractivity contribution in [3.05, 3.63) is 47.3 Å². The van der Waals surface area contributed by atoms with Gasteiger partial charge in [0.2, 0.25) is 15.9 Å². The Labute approximate surface area is 189 Å². The van der Waals surface area contributed by atoms with Crippen LogP contribution in [0.15, 0.2) is 57.2 Å². The molecule has 3 rings (SSSR count). The number of carbonyl (C=O) groups excluding carboxylic acids is 1. The fourth-order valence-electron chi connectivity index (χ4n) is 2.85. The molecule has 2 aromatic carbocycles. The normalized spacial score (nSPS) is 12.6. The summed E-state index contributed by atoms with van der Waals surface area (Å²) in [7, 11) is -6.12. The number of methoxy groups -OCH3 is 1. The Morgan fingerprint density at radius 2 is 1.81 bits per heavy atom. The number of benzene rings is 2. The molecule has 0 bridgehead atoms. The summed E-state index contributed by atoms with van der Waals surface area (Å²) >= 11 is 1.05. The highest BCUT2D eigenvalue weighted by Gasteiger charge is 2.17. The van der Waals surface area contributed by atoms with Gasteiger partial charge >= 0.3 is 0 Å². The van der Waals surface area contributed by atoms with Gasteiger partial charge in [-0.05, 0) is 42.5 Å². The Balaban J connectivity index is 1.89. The van der Waals surface area contributed by atoms with E-state index >= 15 is 0 Å². The fraction of sp³-hybridized carbons (Fsp3) is 0.200. The number of terminal acetylenes is 1. The molecule has 0 saturated carbocycles. The van der Waals surface area contributed by atoms with Crippen molar-refractivity contribution in [1.82, 2.24) is 4.57 Å². The highest BCUT2D eigenvalue weighted by atomic mass is 32.2. The van der Waals surface area contributed by atoms with E-state index in [1.54, 1.807) is 4.57 Å². The number of nitrogens with zero attached hydrogens (tertiary/aromatic N) is 2. The van der Waals surface area contributed by atoms with E-state index in [4.69, 9.17) is 16.3 Å². The van der Waals surface area contributed by atoms with Crippen LogP contribution in [0.2, 0.25) is 0 Å². The number of aromatic nitrogens is 1. The van der Waals surface area contributed by atoms with Gasteiger partial charge in [0.05, 0.1) is 39.4 Å². The maximum Gasteiger partial charge on any atom is 0.249 e. The number of amides is 1. The van der Waals surface area contributed by atoms with Gasteiger partial charge in [0.15, 0.2) is 14.6 Å². The Morgan fingerprint density at radius 1 is 1.16 bits per heavy atom. The van der Waals surface area contributed by atoms with Gasteiger partial charge in [0.1, 0.15) is 5.75 Å². The van der Waals surface area contributed by atoms with Gasteiger partial charge in [-0.1, -0.05) is 17.3 Å². The molecule has 168 valence electrons. The minimum atomic E-state index is -3.90. The molecule has 1 heterocycles. The summed E-state index contributed by atoms with van der Waals surface area (Å²) in [5, 5.41) is 5.17. The number of sulfone groups is 1. The quantitative estimate of drug-likeness (QED) is 0.492. The molecular weight excluding hydrogens is 474 g/mol. The number of rotatable bonds is 7. The van der Waals surface area contributed by atoms with Crippen molar-refractivity contribution in [2.75, 3.05) is 12.9 Å². The maximum absolute atomic E-state index is 12.5. The number of nitrogens with two attached hydrogens (primary N) is 1. The molecule has 0 atom stereocenters. The zero-order valence-electron chi connectivity index (χ0n) is 16.9. The lowest BCUT2D eigenvalue weighted by atomic mass is 10.3. The van der Waals surface area contributed by atoms with Crippen molar-refractivity contribution in [3.8, 4) is 18.1 Å². The van der Waals surface area contributed by atoms with Crippen LogP contribution in [-0.2, 0) is 31.2 Å². The van der Waals surface area contributed by atoms with Crippen LogP contribution in [0.4, 0.5) is 0 Å². The van der Waals surface area contributed by atoms with E-state index in [-0.39, 0.29) is 27.6 Å². The van der Waals surface area contributed by atoms with Gasteiger partial charge in [-0.25, -0.2) is 22.0 Å². The molecule has 0 aliphatic rings. The molecule has 0 spiro atoms. The van der Waals surface area contributed by atoms with Crippen molar-refractivity contribution >= 4 is 47.3 Å². The largest absolute Gasteiger partial charge is 0.497 e. The lowest BCUT2D eigenvalue weighted by Gasteiger charge is -2.04. The van der Waals surface area contributed by atoms with Crippen LogP contribution in [0.1, 0.15) is 6.42 Å². The molecule has 0 unspecified atom stereocenters. The van der Waals surface area contributed by atoms with Crippen LogP contribution in [0.25, 0.3) is 10.2 Å². The monoisotopic (exact) mass is 493 g/mol. The number of carbonyl (C=O) groups is 1. The molecule has 32 heavy (non-hydrogen) atoms. The van der Waals surface area contributed by atoms with Gasteiger partial charge in [0, 0.05) is 6.42 Å². The SMILES string of the molecule is C#CCn1c(=NC(=O)CCS(=O)(=O)c2ccc(OC)cc2)sc2cc(S(N)(=O)=O)ccc21. The number of hydrogen-bond acceptors (Lipinski definition) is 7. The van der Waals surface area contributed by atoms with Gasteiger partial charge in [-0.3, -0.25) is 4.79 Å².